The van der Waals surface area contributed by atoms with Gasteiger partial charge in [-0.1, -0.05) is 18.2 Å². The summed E-state index contributed by atoms with van der Waals surface area (Å²) in [4.78, 5) is 14.4. The maximum Gasteiger partial charge on any atom is 0.415 e. The molecule has 1 saturated carbocycles. The van der Waals surface area contributed by atoms with Crippen LogP contribution in [0.1, 0.15) is 25.3 Å². The number of rotatable bonds is 1. The first-order valence-corrected chi connectivity index (χ1v) is 7.46. The fourth-order valence-corrected chi connectivity index (χ4v) is 3.93. The molecule has 1 amide bonds. The van der Waals surface area contributed by atoms with E-state index in [1.165, 1.54) is 0 Å². The third kappa shape index (κ3) is 1.74. The second-order valence-electron chi connectivity index (χ2n) is 6.60. The van der Waals surface area contributed by atoms with E-state index in [4.69, 9.17) is 4.74 Å². The fourth-order valence-electron chi connectivity index (χ4n) is 3.93. The summed E-state index contributed by atoms with van der Waals surface area (Å²) in [5.74, 6) is 0.728. The molecular weight excluding hydrogens is 252 g/mol. The highest BCUT2D eigenvalue weighted by Gasteiger charge is 2.52. The lowest BCUT2D eigenvalue weighted by atomic mass is 9.61. The third-order valence-electron chi connectivity index (χ3n) is 5.10. The van der Waals surface area contributed by atoms with Crippen LogP contribution in [0.5, 0.6) is 5.75 Å². The Morgan fingerprint density at radius 1 is 1.30 bits per heavy atom. The van der Waals surface area contributed by atoms with Crippen molar-refractivity contribution >= 4 is 6.09 Å². The van der Waals surface area contributed by atoms with Crippen LogP contribution < -0.4 is 10.1 Å². The SMILES string of the molecule is CC1Cc2ccccc2OC(=O)N1C1CC2(CNC2)C1. The molecule has 1 spiro atoms. The molecule has 3 aliphatic rings. The smallest absolute Gasteiger partial charge is 0.410 e. The van der Waals surface area contributed by atoms with Crippen molar-refractivity contribution in [1.29, 1.82) is 0 Å². The van der Waals surface area contributed by atoms with Crippen LogP contribution in [-0.2, 0) is 6.42 Å². The molecule has 2 heterocycles. The number of carbonyl (C=O) groups excluding carboxylic acids is 1. The second-order valence-corrected chi connectivity index (χ2v) is 6.60. The standard InChI is InChI=1S/C16H20N2O2/c1-11-6-12-4-2-3-5-14(12)20-15(19)18(11)13-7-16(8-13)9-17-10-16/h2-5,11,13,17H,6-10H2,1H3. The van der Waals surface area contributed by atoms with E-state index in [9.17, 15) is 4.79 Å². The molecule has 1 unspecified atom stereocenters. The number of amides is 1. The lowest BCUT2D eigenvalue weighted by molar-refractivity contribution is -0.0361. The first-order valence-electron chi connectivity index (χ1n) is 7.46. The monoisotopic (exact) mass is 272 g/mol. The Labute approximate surface area is 119 Å². The minimum atomic E-state index is -0.172. The molecule has 2 fully saturated rings. The van der Waals surface area contributed by atoms with Crippen molar-refractivity contribution in [3.63, 3.8) is 0 Å². The second kappa shape index (κ2) is 4.22. The van der Waals surface area contributed by atoms with E-state index in [1.54, 1.807) is 0 Å². The predicted molar refractivity (Wildman–Crippen MR) is 75.8 cm³/mol. The van der Waals surface area contributed by atoms with E-state index in [2.05, 4.69) is 18.3 Å². The van der Waals surface area contributed by atoms with Gasteiger partial charge in [0.25, 0.3) is 0 Å². The zero-order chi connectivity index (χ0) is 13.7. The fraction of sp³-hybridized carbons (Fsp3) is 0.562. The number of carbonyl (C=O) groups is 1. The van der Waals surface area contributed by atoms with E-state index >= 15 is 0 Å². The van der Waals surface area contributed by atoms with Crippen molar-refractivity contribution in [3.8, 4) is 5.75 Å². The normalized spacial score (nSPS) is 28.1. The largest absolute Gasteiger partial charge is 0.415 e. The summed E-state index contributed by atoms with van der Waals surface area (Å²) >= 11 is 0. The van der Waals surface area contributed by atoms with Crippen LogP contribution in [0.4, 0.5) is 4.79 Å². The van der Waals surface area contributed by atoms with E-state index in [0.29, 0.717) is 11.5 Å². The van der Waals surface area contributed by atoms with Crippen LogP contribution in [0, 0.1) is 5.41 Å². The van der Waals surface area contributed by atoms with Crippen molar-refractivity contribution in [2.24, 2.45) is 5.41 Å². The number of para-hydroxylation sites is 1. The molecule has 2 aliphatic heterocycles. The van der Waals surface area contributed by atoms with Gasteiger partial charge in [-0.15, -0.1) is 0 Å². The molecule has 1 saturated heterocycles. The minimum absolute atomic E-state index is 0.172. The van der Waals surface area contributed by atoms with Crippen molar-refractivity contribution in [2.45, 2.75) is 38.3 Å². The Hall–Kier alpha value is -1.55. The first-order chi connectivity index (χ1) is 9.67. The molecule has 1 aliphatic carbocycles. The number of benzene rings is 1. The summed E-state index contributed by atoms with van der Waals surface area (Å²) in [6, 6.07) is 8.44. The maximum absolute atomic E-state index is 12.4. The average Bonchev–Trinajstić information content (AvgIpc) is 2.43. The Balaban J connectivity index is 1.55. The minimum Gasteiger partial charge on any atom is -0.410 e. The molecule has 1 N–H and O–H groups in total. The van der Waals surface area contributed by atoms with Gasteiger partial charge in [0.15, 0.2) is 0 Å². The average molecular weight is 272 g/mol. The molecule has 1 aromatic rings. The van der Waals surface area contributed by atoms with Gasteiger partial charge in [0, 0.05) is 25.2 Å². The summed E-state index contributed by atoms with van der Waals surface area (Å²) in [5, 5.41) is 3.34. The Kier molecular flexibility index (Phi) is 2.58. The molecule has 20 heavy (non-hydrogen) atoms. The highest BCUT2D eigenvalue weighted by molar-refractivity contribution is 5.73. The first kappa shape index (κ1) is 12.2. The van der Waals surface area contributed by atoms with Gasteiger partial charge in [-0.2, -0.15) is 0 Å². The van der Waals surface area contributed by atoms with Gasteiger partial charge in [-0.3, -0.25) is 0 Å². The summed E-state index contributed by atoms with van der Waals surface area (Å²) < 4.78 is 5.59. The van der Waals surface area contributed by atoms with Gasteiger partial charge in [-0.05, 0) is 43.2 Å². The number of nitrogens with zero attached hydrogens (tertiary/aromatic N) is 1. The van der Waals surface area contributed by atoms with Crippen LogP contribution in [0.2, 0.25) is 0 Å². The lowest BCUT2D eigenvalue weighted by Gasteiger charge is -2.57. The molecule has 0 aromatic heterocycles. The van der Waals surface area contributed by atoms with Crippen molar-refractivity contribution in [2.75, 3.05) is 13.1 Å². The highest BCUT2D eigenvalue weighted by Crippen LogP contribution is 2.47. The Morgan fingerprint density at radius 3 is 2.75 bits per heavy atom. The number of ether oxygens (including phenoxy) is 1. The lowest BCUT2D eigenvalue weighted by Crippen LogP contribution is -2.66. The van der Waals surface area contributed by atoms with Crippen LogP contribution in [0.3, 0.4) is 0 Å². The van der Waals surface area contributed by atoms with Crippen molar-refractivity contribution in [1.82, 2.24) is 10.2 Å². The Morgan fingerprint density at radius 2 is 2.05 bits per heavy atom. The van der Waals surface area contributed by atoms with E-state index in [-0.39, 0.29) is 12.1 Å². The van der Waals surface area contributed by atoms with Gasteiger partial charge in [0.1, 0.15) is 5.75 Å². The Bertz CT molecular complexity index is 545. The van der Waals surface area contributed by atoms with Crippen LogP contribution >= 0.6 is 0 Å². The number of hydrogen-bond donors (Lipinski definition) is 1. The quantitative estimate of drug-likeness (QED) is 0.852. The van der Waals surface area contributed by atoms with E-state index in [0.717, 1.165) is 43.7 Å². The molecule has 4 rings (SSSR count). The third-order valence-corrected chi connectivity index (χ3v) is 5.10. The van der Waals surface area contributed by atoms with Gasteiger partial charge in [-0.25, -0.2) is 4.79 Å². The number of nitrogens with one attached hydrogen (secondary N) is 1. The van der Waals surface area contributed by atoms with Crippen molar-refractivity contribution < 1.29 is 9.53 Å². The molecule has 1 aromatic carbocycles. The van der Waals surface area contributed by atoms with Crippen LogP contribution in [0.15, 0.2) is 24.3 Å². The zero-order valence-electron chi connectivity index (χ0n) is 11.8. The van der Waals surface area contributed by atoms with Gasteiger partial charge < -0.3 is 15.0 Å². The zero-order valence-corrected chi connectivity index (χ0v) is 11.8. The molecular formula is C16H20N2O2. The maximum atomic E-state index is 12.4. The molecule has 0 bridgehead atoms. The number of hydrogen-bond acceptors (Lipinski definition) is 3. The van der Waals surface area contributed by atoms with E-state index < -0.39 is 0 Å². The van der Waals surface area contributed by atoms with Gasteiger partial charge >= 0.3 is 6.09 Å². The summed E-state index contributed by atoms with van der Waals surface area (Å²) in [7, 11) is 0. The topological polar surface area (TPSA) is 41.6 Å². The highest BCUT2D eigenvalue weighted by atomic mass is 16.6. The van der Waals surface area contributed by atoms with Crippen LogP contribution in [-0.4, -0.2) is 36.2 Å². The summed E-state index contributed by atoms with van der Waals surface area (Å²) in [6.45, 7) is 4.36. The number of fused-ring (bicyclic) bond motifs is 1. The molecule has 4 heteroatoms. The molecule has 0 radical (unpaired) electrons. The molecule has 1 atom stereocenters. The van der Waals surface area contributed by atoms with Crippen LogP contribution in [0.25, 0.3) is 0 Å². The predicted octanol–water partition coefficient (Wildman–Crippen LogP) is 2.18. The van der Waals surface area contributed by atoms with Gasteiger partial charge in [0.05, 0.1) is 0 Å². The summed E-state index contributed by atoms with van der Waals surface area (Å²) in [6.07, 6.45) is 2.95. The van der Waals surface area contributed by atoms with Gasteiger partial charge in [0.2, 0.25) is 0 Å². The summed E-state index contributed by atoms with van der Waals surface area (Å²) in [5.41, 5.74) is 1.61. The molecule has 4 nitrogen and oxygen atoms in total. The van der Waals surface area contributed by atoms with Crippen molar-refractivity contribution in [3.05, 3.63) is 29.8 Å². The molecule has 106 valence electrons. The van der Waals surface area contributed by atoms with E-state index in [1.807, 2.05) is 23.1 Å².